The Morgan fingerprint density at radius 1 is 1.14 bits per heavy atom. The first kappa shape index (κ1) is 20.3. The molecule has 1 heterocycles. The van der Waals surface area contributed by atoms with Crippen molar-refractivity contribution in [3.8, 4) is 11.5 Å². The van der Waals surface area contributed by atoms with Crippen LogP contribution < -0.4 is 9.47 Å². The predicted molar refractivity (Wildman–Crippen MR) is 103 cm³/mol. The van der Waals surface area contributed by atoms with Gasteiger partial charge in [0.2, 0.25) is 0 Å². The number of ketones is 1. The summed E-state index contributed by atoms with van der Waals surface area (Å²) in [4.78, 5) is 11.8. The molecule has 4 nitrogen and oxygen atoms in total. The van der Waals surface area contributed by atoms with Gasteiger partial charge in [0.1, 0.15) is 0 Å². The van der Waals surface area contributed by atoms with E-state index in [1.165, 1.54) is 12.3 Å². The van der Waals surface area contributed by atoms with Gasteiger partial charge in [-0.2, -0.15) is 13.2 Å². The fourth-order valence-corrected chi connectivity index (χ4v) is 3.30. The van der Waals surface area contributed by atoms with E-state index in [0.29, 0.717) is 41.1 Å². The highest BCUT2D eigenvalue weighted by atomic mass is 79.9. The lowest BCUT2D eigenvalue weighted by molar-refractivity contribution is -0.0884. The van der Waals surface area contributed by atoms with Crippen molar-refractivity contribution in [2.24, 2.45) is 0 Å². The Balaban J connectivity index is 1.77. The van der Waals surface area contributed by atoms with Gasteiger partial charge in [0, 0.05) is 28.1 Å². The smallest absolute Gasteiger partial charge is 0.454 e. The summed E-state index contributed by atoms with van der Waals surface area (Å²) < 4.78 is 52.0. The van der Waals surface area contributed by atoms with Gasteiger partial charge in [-0.3, -0.25) is 4.79 Å². The number of aryl methyl sites for hydroxylation is 1. The van der Waals surface area contributed by atoms with Gasteiger partial charge in [0.25, 0.3) is 5.78 Å². The monoisotopic (exact) mass is 455 g/mol. The molecule has 3 rings (SSSR count). The molecule has 0 fully saturated rings. The Morgan fingerprint density at radius 2 is 1.86 bits per heavy atom. The van der Waals surface area contributed by atoms with Crippen LogP contribution in [0.4, 0.5) is 13.2 Å². The SMILES string of the molecule is COc1ccccc1OCCCn1cc(C(=O)C(F)(F)F)c2cc(Br)ccc21. The zero-order chi connectivity index (χ0) is 20.3. The molecule has 0 aliphatic rings. The second-order valence-corrected chi connectivity index (χ2v) is 6.99. The molecule has 0 saturated carbocycles. The van der Waals surface area contributed by atoms with Crippen LogP contribution in [0.3, 0.4) is 0 Å². The molecule has 1 aromatic heterocycles. The number of methoxy groups -OCH3 is 1. The molecule has 0 atom stereocenters. The lowest BCUT2D eigenvalue weighted by Gasteiger charge is -2.11. The Kier molecular flexibility index (Phi) is 5.98. The highest BCUT2D eigenvalue weighted by Gasteiger charge is 2.40. The lowest BCUT2D eigenvalue weighted by atomic mass is 10.1. The molecule has 0 unspecified atom stereocenters. The van der Waals surface area contributed by atoms with Crippen molar-refractivity contribution in [2.75, 3.05) is 13.7 Å². The third kappa shape index (κ3) is 4.32. The minimum Gasteiger partial charge on any atom is -0.493 e. The van der Waals surface area contributed by atoms with E-state index in [9.17, 15) is 18.0 Å². The first-order chi connectivity index (χ1) is 13.3. The van der Waals surface area contributed by atoms with Gasteiger partial charge in [0.15, 0.2) is 11.5 Å². The van der Waals surface area contributed by atoms with E-state index in [1.54, 1.807) is 35.9 Å². The van der Waals surface area contributed by atoms with Crippen LogP contribution in [0.15, 0.2) is 53.1 Å². The summed E-state index contributed by atoms with van der Waals surface area (Å²) >= 11 is 3.25. The lowest BCUT2D eigenvalue weighted by Crippen LogP contribution is -2.22. The second-order valence-electron chi connectivity index (χ2n) is 6.08. The average Bonchev–Trinajstić information content (AvgIpc) is 3.01. The van der Waals surface area contributed by atoms with E-state index in [4.69, 9.17) is 9.47 Å². The summed E-state index contributed by atoms with van der Waals surface area (Å²) in [5.41, 5.74) is 0.211. The summed E-state index contributed by atoms with van der Waals surface area (Å²) in [6.45, 7) is 0.748. The van der Waals surface area contributed by atoms with Gasteiger partial charge >= 0.3 is 6.18 Å². The van der Waals surface area contributed by atoms with Crippen LogP contribution in [0.2, 0.25) is 0 Å². The van der Waals surface area contributed by atoms with E-state index in [1.807, 2.05) is 12.1 Å². The number of carbonyl (C=O) groups is 1. The number of rotatable bonds is 7. The van der Waals surface area contributed by atoms with Crippen LogP contribution in [0, 0.1) is 0 Å². The number of para-hydroxylation sites is 2. The Morgan fingerprint density at radius 3 is 2.54 bits per heavy atom. The molecular formula is C20H17BrF3NO3. The van der Waals surface area contributed by atoms with Gasteiger partial charge in [-0.25, -0.2) is 0 Å². The van der Waals surface area contributed by atoms with Crippen LogP contribution in [0.1, 0.15) is 16.8 Å². The third-order valence-electron chi connectivity index (χ3n) is 4.22. The van der Waals surface area contributed by atoms with Crippen molar-refractivity contribution in [3.05, 3.63) is 58.7 Å². The Hall–Kier alpha value is -2.48. The van der Waals surface area contributed by atoms with Gasteiger partial charge in [-0.1, -0.05) is 28.1 Å². The number of hydrogen-bond donors (Lipinski definition) is 0. The largest absolute Gasteiger partial charge is 0.493 e. The summed E-state index contributed by atoms with van der Waals surface area (Å²) in [5.74, 6) is -0.643. The number of hydrogen-bond acceptors (Lipinski definition) is 3. The van der Waals surface area contributed by atoms with Gasteiger partial charge < -0.3 is 14.0 Å². The number of carbonyl (C=O) groups excluding carboxylic acids is 1. The van der Waals surface area contributed by atoms with Crippen molar-refractivity contribution in [1.82, 2.24) is 4.57 Å². The fraction of sp³-hybridized carbons (Fsp3) is 0.250. The van der Waals surface area contributed by atoms with Crippen LogP contribution >= 0.6 is 15.9 Å². The maximum atomic E-state index is 12.9. The van der Waals surface area contributed by atoms with Gasteiger partial charge in [-0.05, 0) is 36.8 Å². The summed E-state index contributed by atoms with van der Waals surface area (Å²) in [5, 5.41) is 0.266. The number of benzene rings is 2. The number of alkyl halides is 3. The molecular weight excluding hydrogens is 439 g/mol. The summed E-state index contributed by atoms with van der Waals surface area (Å²) in [7, 11) is 1.55. The van der Waals surface area contributed by atoms with E-state index in [2.05, 4.69) is 15.9 Å². The number of ether oxygens (including phenoxy) is 2. The number of Topliss-reactive ketones (excluding diaryl/α,β-unsaturated/α-hetero) is 1. The number of aromatic nitrogens is 1. The Labute approximate surface area is 168 Å². The van der Waals surface area contributed by atoms with E-state index in [-0.39, 0.29) is 10.9 Å². The molecule has 3 aromatic rings. The molecule has 0 bridgehead atoms. The normalized spacial score (nSPS) is 11.6. The molecule has 0 aliphatic heterocycles. The summed E-state index contributed by atoms with van der Waals surface area (Å²) in [6, 6.07) is 12.2. The van der Waals surface area contributed by atoms with Crippen molar-refractivity contribution in [3.63, 3.8) is 0 Å². The quantitative estimate of drug-likeness (QED) is 0.342. The third-order valence-corrected chi connectivity index (χ3v) is 4.71. The molecule has 28 heavy (non-hydrogen) atoms. The van der Waals surface area contributed by atoms with Crippen molar-refractivity contribution in [1.29, 1.82) is 0 Å². The minimum atomic E-state index is -4.92. The molecule has 0 aliphatic carbocycles. The molecule has 0 radical (unpaired) electrons. The number of halogens is 4. The highest BCUT2D eigenvalue weighted by Crippen LogP contribution is 2.31. The maximum absolute atomic E-state index is 12.9. The first-order valence-electron chi connectivity index (χ1n) is 8.47. The van der Waals surface area contributed by atoms with E-state index >= 15 is 0 Å². The van der Waals surface area contributed by atoms with Crippen LogP contribution in [0.5, 0.6) is 11.5 Å². The minimum absolute atomic E-state index is 0.266. The molecule has 8 heteroatoms. The average molecular weight is 456 g/mol. The second kappa shape index (κ2) is 8.26. The molecule has 0 saturated heterocycles. The van der Waals surface area contributed by atoms with Gasteiger partial charge in [0.05, 0.1) is 19.3 Å². The topological polar surface area (TPSA) is 40.5 Å². The van der Waals surface area contributed by atoms with E-state index in [0.717, 1.165) is 0 Å². The van der Waals surface area contributed by atoms with Crippen LogP contribution in [-0.4, -0.2) is 30.2 Å². The predicted octanol–water partition coefficient (Wildman–Crippen LogP) is 5.63. The standard InChI is InChI=1S/C20H17BrF3NO3/c1-27-17-5-2-3-6-18(17)28-10-4-9-25-12-15(19(26)20(22,23)24)14-11-13(21)7-8-16(14)25/h2-3,5-8,11-12H,4,9-10H2,1H3. The van der Waals surface area contributed by atoms with Crippen molar-refractivity contribution >= 4 is 32.6 Å². The van der Waals surface area contributed by atoms with Gasteiger partial charge in [-0.15, -0.1) is 0 Å². The highest BCUT2D eigenvalue weighted by molar-refractivity contribution is 9.10. The molecule has 148 valence electrons. The molecule has 0 spiro atoms. The molecule has 0 N–H and O–H groups in total. The molecule has 2 aromatic carbocycles. The Bertz CT molecular complexity index is 998. The van der Waals surface area contributed by atoms with E-state index < -0.39 is 12.0 Å². The first-order valence-corrected chi connectivity index (χ1v) is 9.26. The van der Waals surface area contributed by atoms with Crippen molar-refractivity contribution < 1.29 is 27.4 Å². The van der Waals surface area contributed by atoms with Crippen molar-refractivity contribution in [2.45, 2.75) is 19.1 Å². The fourth-order valence-electron chi connectivity index (χ4n) is 2.94. The molecule has 0 amide bonds. The zero-order valence-electron chi connectivity index (χ0n) is 14.9. The maximum Gasteiger partial charge on any atom is 0.454 e. The van der Waals surface area contributed by atoms with Crippen LogP contribution in [-0.2, 0) is 6.54 Å². The zero-order valence-corrected chi connectivity index (χ0v) is 16.5. The number of nitrogens with zero attached hydrogens (tertiary/aromatic N) is 1. The van der Waals surface area contributed by atoms with Crippen LogP contribution in [0.25, 0.3) is 10.9 Å². The number of fused-ring (bicyclic) bond motifs is 1. The summed E-state index contributed by atoms with van der Waals surface area (Å²) in [6.07, 6.45) is -3.12.